The van der Waals surface area contributed by atoms with Crippen LogP contribution in [0.2, 0.25) is 0 Å². The minimum atomic E-state index is -6.92. The molecule has 0 saturated carbocycles. The average Bonchev–Trinajstić information content (AvgIpc) is 2.52. The van der Waals surface area contributed by atoms with E-state index in [4.69, 9.17) is 0 Å². The van der Waals surface area contributed by atoms with Crippen molar-refractivity contribution in [3.63, 3.8) is 0 Å². The van der Waals surface area contributed by atoms with Crippen LogP contribution in [0.3, 0.4) is 0 Å². The van der Waals surface area contributed by atoms with Gasteiger partial charge in [0.1, 0.15) is 0 Å². The van der Waals surface area contributed by atoms with Crippen molar-refractivity contribution in [3.8, 4) is 0 Å². The number of hydrogen-bond donors (Lipinski definition) is 0. The molecule has 2 rings (SSSR count). The molecule has 0 unspecified atom stereocenters. The number of halogens is 9. The lowest BCUT2D eigenvalue weighted by molar-refractivity contribution is -0.399. The number of hydrogen-bond acceptors (Lipinski definition) is 0. The van der Waals surface area contributed by atoms with Crippen LogP contribution in [0.5, 0.6) is 0 Å². The maximum absolute atomic E-state index is 14.2. The summed E-state index contributed by atoms with van der Waals surface area (Å²) in [6.07, 6.45) is -5.89. The molecular formula is C16H10F9. The molecule has 25 heavy (non-hydrogen) atoms. The Bertz CT molecular complexity index is 775. The van der Waals surface area contributed by atoms with Crippen LogP contribution in [-0.2, 0) is 5.92 Å². The van der Waals surface area contributed by atoms with Gasteiger partial charge < -0.3 is 0 Å². The molecule has 0 heterocycles. The zero-order chi connectivity index (χ0) is 19.3. The molecule has 0 nitrogen and oxygen atoms in total. The summed E-state index contributed by atoms with van der Waals surface area (Å²) in [4.78, 5) is 0. The van der Waals surface area contributed by atoms with Gasteiger partial charge in [0.05, 0.1) is 0 Å². The third-order valence-electron chi connectivity index (χ3n) is 3.74. The molecule has 0 bridgehead atoms. The van der Waals surface area contributed by atoms with E-state index >= 15 is 0 Å². The average molecular weight is 373 g/mol. The Labute approximate surface area is 136 Å². The number of fused-ring (bicyclic) bond motifs is 1. The quantitative estimate of drug-likeness (QED) is 0.549. The summed E-state index contributed by atoms with van der Waals surface area (Å²) >= 11 is 0. The van der Waals surface area contributed by atoms with Gasteiger partial charge in [-0.2, -0.15) is 39.5 Å². The highest BCUT2D eigenvalue weighted by molar-refractivity contribution is 5.88. The highest BCUT2D eigenvalue weighted by Gasteiger charge is 2.82. The van der Waals surface area contributed by atoms with E-state index in [0.29, 0.717) is 11.5 Å². The Morgan fingerprint density at radius 3 is 1.80 bits per heavy atom. The molecule has 0 aliphatic carbocycles. The topological polar surface area (TPSA) is 0 Å². The molecule has 0 saturated heterocycles. The van der Waals surface area contributed by atoms with Crippen LogP contribution in [0.4, 0.5) is 39.5 Å². The fourth-order valence-corrected chi connectivity index (χ4v) is 2.42. The van der Waals surface area contributed by atoms with Crippen molar-refractivity contribution in [2.45, 2.75) is 30.9 Å². The smallest absolute Gasteiger partial charge is 0.194 e. The molecule has 0 spiro atoms. The standard InChI is InChI=1S/C16H10F9/c1-2-10-11-6-4-3-5-9(11)7-8-12(10)13(17,18)14(19,20)15(21,22)16(23,24)25/h2-8H,1H3. The van der Waals surface area contributed by atoms with Crippen molar-refractivity contribution in [2.24, 2.45) is 0 Å². The first kappa shape index (κ1) is 19.4. The minimum Gasteiger partial charge on any atom is -0.194 e. The van der Waals surface area contributed by atoms with Crippen LogP contribution in [0.1, 0.15) is 18.1 Å². The lowest BCUT2D eigenvalue weighted by Crippen LogP contribution is -2.59. The van der Waals surface area contributed by atoms with Gasteiger partial charge in [-0.05, 0) is 22.8 Å². The van der Waals surface area contributed by atoms with E-state index < -0.39 is 35.1 Å². The third-order valence-corrected chi connectivity index (χ3v) is 3.74. The monoisotopic (exact) mass is 373 g/mol. The second-order valence-electron chi connectivity index (χ2n) is 5.26. The van der Waals surface area contributed by atoms with Gasteiger partial charge in [0.2, 0.25) is 0 Å². The molecule has 0 atom stereocenters. The second kappa shape index (κ2) is 5.81. The summed E-state index contributed by atoms with van der Waals surface area (Å²) in [5.41, 5.74) is -2.15. The molecule has 0 N–H and O–H groups in total. The van der Waals surface area contributed by atoms with E-state index in [0.717, 1.165) is 12.5 Å². The third kappa shape index (κ3) is 2.73. The van der Waals surface area contributed by atoms with Gasteiger partial charge in [-0.25, -0.2) is 0 Å². The van der Waals surface area contributed by atoms with Crippen LogP contribution in [0.15, 0.2) is 36.4 Å². The molecule has 0 fully saturated rings. The van der Waals surface area contributed by atoms with E-state index in [1.165, 1.54) is 31.2 Å². The summed E-state index contributed by atoms with van der Waals surface area (Å²) in [6.45, 7) is 1.18. The maximum atomic E-state index is 14.2. The Morgan fingerprint density at radius 2 is 1.28 bits per heavy atom. The molecule has 2 aromatic carbocycles. The van der Waals surface area contributed by atoms with E-state index in [9.17, 15) is 39.5 Å². The van der Waals surface area contributed by atoms with E-state index in [1.807, 2.05) is 0 Å². The second-order valence-corrected chi connectivity index (χ2v) is 5.26. The normalized spacial score (nSPS) is 14.2. The van der Waals surface area contributed by atoms with E-state index in [1.54, 1.807) is 0 Å². The summed E-state index contributed by atoms with van der Waals surface area (Å²) in [7, 11) is 0. The van der Waals surface area contributed by atoms with Crippen LogP contribution >= 0.6 is 0 Å². The van der Waals surface area contributed by atoms with E-state index in [-0.39, 0.29) is 5.39 Å². The van der Waals surface area contributed by atoms with Crippen LogP contribution < -0.4 is 0 Å². The maximum Gasteiger partial charge on any atom is 0.460 e. The predicted octanol–water partition coefficient (Wildman–Crippen LogP) is 6.34. The van der Waals surface area contributed by atoms with E-state index in [2.05, 4.69) is 0 Å². The molecule has 137 valence electrons. The van der Waals surface area contributed by atoms with Crippen LogP contribution in [-0.4, -0.2) is 18.0 Å². The molecular weight excluding hydrogens is 363 g/mol. The van der Waals surface area contributed by atoms with Gasteiger partial charge in [0, 0.05) is 5.56 Å². The summed E-state index contributed by atoms with van der Waals surface area (Å²) in [6, 6.07) is 7.01. The summed E-state index contributed by atoms with van der Waals surface area (Å²) in [5, 5.41) is 0.356. The van der Waals surface area contributed by atoms with Crippen molar-refractivity contribution < 1.29 is 39.5 Å². The Hall–Kier alpha value is -1.93. The molecule has 0 aromatic heterocycles. The van der Waals surface area contributed by atoms with Gasteiger partial charge in [-0.3, -0.25) is 0 Å². The molecule has 2 aromatic rings. The highest BCUT2D eigenvalue weighted by atomic mass is 19.4. The van der Waals surface area contributed by atoms with Gasteiger partial charge in [-0.15, -0.1) is 0 Å². The molecule has 0 amide bonds. The number of rotatable bonds is 4. The van der Waals surface area contributed by atoms with Gasteiger partial charge in [0.25, 0.3) is 0 Å². The minimum absolute atomic E-state index is 0.0216. The van der Waals surface area contributed by atoms with Gasteiger partial charge in [-0.1, -0.05) is 43.3 Å². The number of alkyl halides is 9. The highest BCUT2D eigenvalue weighted by Crippen LogP contribution is 2.57. The first-order valence-corrected chi connectivity index (χ1v) is 6.80. The summed E-state index contributed by atoms with van der Waals surface area (Å²) < 4.78 is 119. The lowest BCUT2D eigenvalue weighted by atomic mass is 9.89. The van der Waals surface area contributed by atoms with Crippen LogP contribution in [0.25, 0.3) is 10.8 Å². The van der Waals surface area contributed by atoms with Crippen molar-refractivity contribution >= 4 is 10.8 Å². The van der Waals surface area contributed by atoms with Crippen molar-refractivity contribution in [1.82, 2.24) is 0 Å². The largest absolute Gasteiger partial charge is 0.460 e. The van der Waals surface area contributed by atoms with Gasteiger partial charge in [0.15, 0.2) is 0 Å². The fraction of sp³-hybridized carbons (Fsp3) is 0.312. The molecule has 9 heteroatoms. The van der Waals surface area contributed by atoms with Crippen molar-refractivity contribution in [1.29, 1.82) is 0 Å². The molecule has 0 aliphatic heterocycles. The van der Waals surface area contributed by atoms with Gasteiger partial charge >= 0.3 is 23.9 Å². The zero-order valence-electron chi connectivity index (χ0n) is 12.4. The molecule has 1 radical (unpaired) electrons. The molecule has 0 aliphatic rings. The summed E-state index contributed by atoms with van der Waals surface area (Å²) in [5.74, 6) is -19.4. The Kier molecular flexibility index (Phi) is 4.51. The Balaban J connectivity index is 2.73. The predicted molar refractivity (Wildman–Crippen MR) is 72.9 cm³/mol. The fourth-order valence-electron chi connectivity index (χ4n) is 2.42. The van der Waals surface area contributed by atoms with Crippen molar-refractivity contribution in [2.75, 3.05) is 0 Å². The number of benzene rings is 2. The Morgan fingerprint density at radius 1 is 0.720 bits per heavy atom. The SMILES string of the molecule is C[CH]c1c(C(F)(F)C(F)(F)C(F)(F)C(F)(F)F)ccc2ccccc12. The first-order valence-electron chi connectivity index (χ1n) is 6.80. The van der Waals surface area contributed by atoms with Crippen molar-refractivity contribution in [3.05, 3.63) is 53.9 Å². The van der Waals surface area contributed by atoms with Crippen LogP contribution in [0, 0.1) is 6.42 Å². The lowest BCUT2D eigenvalue weighted by Gasteiger charge is -2.34. The first-order chi connectivity index (χ1) is 11.3. The zero-order valence-corrected chi connectivity index (χ0v) is 12.4.